The number of likely N-dealkylation sites (N-methyl/N-ethyl adjacent to an activating group) is 1. The molecule has 1 saturated carbocycles. The predicted molar refractivity (Wildman–Crippen MR) is 72.0 cm³/mol. The van der Waals surface area contributed by atoms with Crippen LogP contribution in [0.5, 0.6) is 0 Å². The van der Waals surface area contributed by atoms with Gasteiger partial charge in [0.05, 0.1) is 4.92 Å². The van der Waals surface area contributed by atoms with E-state index >= 15 is 0 Å². The smallest absolute Gasteiger partial charge is 0.292 e. The zero-order chi connectivity index (χ0) is 13.1. The number of anilines is 1. The van der Waals surface area contributed by atoms with Crippen molar-refractivity contribution >= 4 is 11.4 Å². The van der Waals surface area contributed by atoms with Crippen LogP contribution in [0.25, 0.3) is 0 Å². The zero-order valence-corrected chi connectivity index (χ0v) is 10.8. The summed E-state index contributed by atoms with van der Waals surface area (Å²) in [7, 11) is 2.10. The number of nitrogens with zero attached hydrogens (tertiary/aromatic N) is 2. The summed E-state index contributed by atoms with van der Waals surface area (Å²) in [4.78, 5) is 12.9. The fourth-order valence-corrected chi connectivity index (χ4v) is 2.02. The molecule has 0 spiro atoms. The van der Waals surface area contributed by atoms with Crippen LogP contribution in [0.15, 0.2) is 18.2 Å². The molecule has 1 aromatic rings. The lowest BCUT2D eigenvalue weighted by molar-refractivity contribution is -0.384. The van der Waals surface area contributed by atoms with Gasteiger partial charge in [-0.3, -0.25) is 10.1 Å². The van der Waals surface area contributed by atoms with Crippen LogP contribution in [0.2, 0.25) is 0 Å². The van der Waals surface area contributed by atoms with Crippen molar-refractivity contribution in [3.05, 3.63) is 33.9 Å². The SMILES string of the molecule is Cc1ccc([N+](=O)[O-])c(NCCN(C)C2CC2)c1. The molecule has 0 radical (unpaired) electrons. The third-order valence-corrected chi connectivity index (χ3v) is 3.30. The van der Waals surface area contributed by atoms with E-state index in [1.807, 2.05) is 13.0 Å². The molecule has 1 N–H and O–H groups in total. The standard InChI is InChI=1S/C13H19N3O2/c1-10-3-6-13(16(17)18)12(9-10)14-7-8-15(2)11-4-5-11/h3,6,9,11,14H,4-5,7-8H2,1-2H3. The normalized spacial score (nSPS) is 14.8. The predicted octanol–water partition coefficient (Wildman–Crippen LogP) is 2.41. The number of benzene rings is 1. The third kappa shape index (κ3) is 3.20. The number of rotatable bonds is 6. The molecule has 0 aromatic heterocycles. The van der Waals surface area contributed by atoms with Crippen LogP contribution in [0.4, 0.5) is 11.4 Å². The Morgan fingerprint density at radius 3 is 2.83 bits per heavy atom. The number of hydrogen-bond donors (Lipinski definition) is 1. The summed E-state index contributed by atoms with van der Waals surface area (Å²) in [6, 6.07) is 5.87. The van der Waals surface area contributed by atoms with E-state index in [0.29, 0.717) is 5.69 Å². The van der Waals surface area contributed by atoms with Gasteiger partial charge < -0.3 is 10.2 Å². The van der Waals surface area contributed by atoms with E-state index in [1.54, 1.807) is 12.1 Å². The number of nitrogens with one attached hydrogen (secondary N) is 1. The van der Waals surface area contributed by atoms with Gasteiger partial charge in [0.2, 0.25) is 0 Å². The van der Waals surface area contributed by atoms with Crippen molar-refractivity contribution in [2.75, 3.05) is 25.5 Å². The van der Waals surface area contributed by atoms with Crippen molar-refractivity contribution in [1.29, 1.82) is 0 Å². The summed E-state index contributed by atoms with van der Waals surface area (Å²) < 4.78 is 0. The molecule has 5 heteroatoms. The van der Waals surface area contributed by atoms with E-state index in [2.05, 4.69) is 17.3 Å². The van der Waals surface area contributed by atoms with Gasteiger partial charge in [-0.15, -0.1) is 0 Å². The first-order chi connectivity index (χ1) is 8.58. The second kappa shape index (κ2) is 5.35. The van der Waals surface area contributed by atoms with Crippen LogP contribution in [-0.4, -0.2) is 36.0 Å². The Labute approximate surface area is 107 Å². The van der Waals surface area contributed by atoms with Crippen LogP contribution in [0.3, 0.4) is 0 Å². The topological polar surface area (TPSA) is 58.4 Å². The first-order valence-corrected chi connectivity index (χ1v) is 6.27. The molecule has 1 aromatic carbocycles. The van der Waals surface area contributed by atoms with Crippen LogP contribution in [0.1, 0.15) is 18.4 Å². The molecule has 0 unspecified atom stereocenters. The molecule has 2 rings (SSSR count). The van der Waals surface area contributed by atoms with E-state index in [4.69, 9.17) is 0 Å². The fraction of sp³-hybridized carbons (Fsp3) is 0.538. The molecule has 0 atom stereocenters. The van der Waals surface area contributed by atoms with E-state index in [0.717, 1.165) is 24.7 Å². The van der Waals surface area contributed by atoms with Gasteiger partial charge in [-0.05, 0) is 38.4 Å². The van der Waals surface area contributed by atoms with Crippen molar-refractivity contribution in [1.82, 2.24) is 4.90 Å². The van der Waals surface area contributed by atoms with Crippen LogP contribution < -0.4 is 5.32 Å². The molecule has 0 bridgehead atoms. The van der Waals surface area contributed by atoms with Gasteiger partial charge >= 0.3 is 0 Å². The summed E-state index contributed by atoms with van der Waals surface area (Å²) in [5.41, 5.74) is 1.79. The Morgan fingerprint density at radius 2 is 2.22 bits per heavy atom. The van der Waals surface area contributed by atoms with E-state index < -0.39 is 0 Å². The second-order valence-electron chi connectivity index (χ2n) is 4.92. The van der Waals surface area contributed by atoms with Gasteiger partial charge in [-0.2, -0.15) is 0 Å². The Balaban J connectivity index is 1.94. The Kier molecular flexibility index (Phi) is 3.81. The second-order valence-corrected chi connectivity index (χ2v) is 4.92. The first-order valence-electron chi connectivity index (χ1n) is 6.27. The van der Waals surface area contributed by atoms with Crippen molar-refractivity contribution in [3.8, 4) is 0 Å². The molecular formula is C13H19N3O2. The minimum absolute atomic E-state index is 0.148. The van der Waals surface area contributed by atoms with Crippen LogP contribution in [-0.2, 0) is 0 Å². The highest BCUT2D eigenvalue weighted by atomic mass is 16.6. The van der Waals surface area contributed by atoms with E-state index in [1.165, 1.54) is 12.8 Å². The molecule has 1 fully saturated rings. The largest absolute Gasteiger partial charge is 0.378 e. The molecule has 18 heavy (non-hydrogen) atoms. The van der Waals surface area contributed by atoms with E-state index in [9.17, 15) is 10.1 Å². The number of hydrogen-bond acceptors (Lipinski definition) is 4. The minimum Gasteiger partial charge on any atom is -0.378 e. The highest BCUT2D eigenvalue weighted by Gasteiger charge is 2.25. The molecule has 0 aliphatic heterocycles. The molecule has 98 valence electrons. The lowest BCUT2D eigenvalue weighted by Crippen LogP contribution is -2.27. The monoisotopic (exact) mass is 249 g/mol. The molecular weight excluding hydrogens is 230 g/mol. The lowest BCUT2D eigenvalue weighted by Gasteiger charge is -2.16. The van der Waals surface area contributed by atoms with Crippen molar-refractivity contribution in [2.24, 2.45) is 0 Å². The summed E-state index contributed by atoms with van der Waals surface area (Å²) in [5.74, 6) is 0. The Hall–Kier alpha value is -1.62. The van der Waals surface area contributed by atoms with Crippen molar-refractivity contribution in [2.45, 2.75) is 25.8 Å². The highest BCUT2D eigenvalue weighted by molar-refractivity contribution is 5.62. The first kappa shape index (κ1) is 12.8. The highest BCUT2D eigenvalue weighted by Crippen LogP contribution is 2.26. The van der Waals surface area contributed by atoms with Gasteiger partial charge in [0.1, 0.15) is 5.69 Å². The minimum atomic E-state index is -0.341. The molecule has 0 saturated heterocycles. The van der Waals surface area contributed by atoms with Crippen LogP contribution in [0, 0.1) is 17.0 Å². The van der Waals surface area contributed by atoms with Crippen molar-refractivity contribution in [3.63, 3.8) is 0 Å². The van der Waals surface area contributed by atoms with Gasteiger partial charge in [0.25, 0.3) is 5.69 Å². The average Bonchev–Trinajstić information content (AvgIpc) is 3.12. The lowest BCUT2D eigenvalue weighted by atomic mass is 10.2. The maximum atomic E-state index is 10.9. The Bertz CT molecular complexity index is 444. The van der Waals surface area contributed by atoms with Gasteiger partial charge in [-0.1, -0.05) is 6.07 Å². The third-order valence-electron chi connectivity index (χ3n) is 3.30. The van der Waals surface area contributed by atoms with Crippen LogP contribution >= 0.6 is 0 Å². The number of nitro benzene ring substituents is 1. The van der Waals surface area contributed by atoms with Gasteiger partial charge in [-0.25, -0.2) is 0 Å². The van der Waals surface area contributed by atoms with Gasteiger partial charge in [0, 0.05) is 25.2 Å². The molecule has 5 nitrogen and oxygen atoms in total. The molecule has 1 aliphatic carbocycles. The maximum absolute atomic E-state index is 10.9. The Morgan fingerprint density at radius 1 is 1.50 bits per heavy atom. The average molecular weight is 249 g/mol. The zero-order valence-electron chi connectivity index (χ0n) is 10.8. The summed E-state index contributed by atoms with van der Waals surface area (Å²) in [6.07, 6.45) is 2.56. The number of nitro groups is 1. The number of aryl methyl sites for hydroxylation is 1. The molecule has 0 heterocycles. The summed E-state index contributed by atoms with van der Waals surface area (Å²) in [5, 5.41) is 14.1. The van der Waals surface area contributed by atoms with Crippen molar-refractivity contribution < 1.29 is 4.92 Å². The maximum Gasteiger partial charge on any atom is 0.292 e. The van der Waals surface area contributed by atoms with E-state index in [-0.39, 0.29) is 10.6 Å². The summed E-state index contributed by atoms with van der Waals surface area (Å²) in [6.45, 7) is 3.58. The quantitative estimate of drug-likeness (QED) is 0.621. The summed E-state index contributed by atoms with van der Waals surface area (Å²) >= 11 is 0. The molecule has 1 aliphatic rings. The van der Waals surface area contributed by atoms with Gasteiger partial charge in [0.15, 0.2) is 0 Å². The fourth-order valence-electron chi connectivity index (χ4n) is 2.02. The molecule has 0 amide bonds.